The molecule has 1 heterocycles. The zero-order chi connectivity index (χ0) is 12.8. The summed E-state index contributed by atoms with van der Waals surface area (Å²) in [7, 11) is 0. The number of nitrogen functional groups attached to an aromatic ring is 1. The SMILES string of the molecule is CC(C)OCCNC(=O)c1cc(Cl)ncc1N. The number of anilines is 1. The Balaban J connectivity index is 2.49. The highest BCUT2D eigenvalue weighted by Gasteiger charge is 2.10. The minimum absolute atomic E-state index is 0.146. The number of hydrogen-bond donors (Lipinski definition) is 2. The molecule has 1 amide bonds. The molecule has 0 radical (unpaired) electrons. The molecule has 1 aromatic heterocycles. The van der Waals surface area contributed by atoms with Gasteiger partial charge in [-0.15, -0.1) is 0 Å². The summed E-state index contributed by atoms with van der Waals surface area (Å²) in [5.41, 5.74) is 6.26. The van der Waals surface area contributed by atoms with Crippen molar-refractivity contribution in [3.8, 4) is 0 Å². The first-order valence-electron chi connectivity index (χ1n) is 5.31. The lowest BCUT2D eigenvalue weighted by molar-refractivity contribution is 0.0747. The molecule has 17 heavy (non-hydrogen) atoms. The maximum absolute atomic E-state index is 11.7. The van der Waals surface area contributed by atoms with Crippen LogP contribution in [0.25, 0.3) is 0 Å². The average Bonchev–Trinajstić information content (AvgIpc) is 2.27. The highest BCUT2D eigenvalue weighted by atomic mass is 35.5. The Morgan fingerprint density at radius 1 is 1.65 bits per heavy atom. The molecular formula is C11H16ClN3O2. The molecule has 0 aliphatic carbocycles. The maximum atomic E-state index is 11.7. The molecule has 0 fully saturated rings. The van der Waals surface area contributed by atoms with Crippen molar-refractivity contribution in [2.24, 2.45) is 0 Å². The summed E-state index contributed by atoms with van der Waals surface area (Å²) in [4.78, 5) is 15.5. The second-order valence-corrected chi connectivity index (χ2v) is 4.16. The van der Waals surface area contributed by atoms with Gasteiger partial charge in [-0.3, -0.25) is 4.79 Å². The Hall–Kier alpha value is -1.33. The molecule has 1 rings (SSSR count). The molecule has 1 aromatic rings. The van der Waals surface area contributed by atoms with E-state index in [9.17, 15) is 4.79 Å². The predicted octanol–water partition coefficient (Wildman–Crippen LogP) is 1.47. The Bertz CT molecular complexity index is 396. The normalized spacial score (nSPS) is 10.6. The zero-order valence-electron chi connectivity index (χ0n) is 9.87. The van der Waals surface area contributed by atoms with E-state index in [-0.39, 0.29) is 17.2 Å². The lowest BCUT2D eigenvalue weighted by atomic mass is 10.2. The number of ether oxygens (including phenoxy) is 1. The van der Waals surface area contributed by atoms with Crippen molar-refractivity contribution in [2.75, 3.05) is 18.9 Å². The second-order valence-electron chi connectivity index (χ2n) is 3.77. The third-order valence-corrected chi connectivity index (χ3v) is 2.19. The van der Waals surface area contributed by atoms with Gasteiger partial charge in [0.2, 0.25) is 0 Å². The smallest absolute Gasteiger partial charge is 0.253 e. The van der Waals surface area contributed by atoms with Crippen molar-refractivity contribution in [3.63, 3.8) is 0 Å². The number of nitrogens with zero attached hydrogens (tertiary/aromatic N) is 1. The van der Waals surface area contributed by atoms with E-state index < -0.39 is 0 Å². The summed E-state index contributed by atoms with van der Waals surface area (Å²) in [6, 6.07) is 1.44. The molecule has 0 aliphatic rings. The third kappa shape index (κ3) is 4.58. The van der Waals surface area contributed by atoms with E-state index in [0.717, 1.165) is 0 Å². The maximum Gasteiger partial charge on any atom is 0.253 e. The van der Waals surface area contributed by atoms with Gasteiger partial charge in [0.25, 0.3) is 5.91 Å². The molecule has 5 nitrogen and oxygen atoms in total. The standard InChI is InChI=1S/C11H16ClN3O2/c1-7(2)17-4-3-14-11(16)8-5-10(12)15-6-9(8)13/h5-7H,3-4,13H2,1-2H3,(H,14,16). The number of rotatable bonds is 5. The number of pyridine rings is 1. The Kier molecular flexibility index (Phi) is 5.18. The van der Waals surface area contributed by atoms with Crippen LogP contribution >= 0.6 is 11.6 Å². The summed E-state index contributed by atoms with van der Waals surface area (Å²) in [5, 5.41) is 2.93. The van der Waals surface area contributed by atoms with Gasteiger partial charge in [0.05, 0.1) is 30.2 Å². The van der Waals surface area contributed by atoms with Crippen molar-refractivity contribution in [1.82, 2.24) is 10.3 Å². The fourth-order valence-corrected chi connectivity index (χ4v) is 1.35. The monoisotopic (exact) mass is 257 g/mol. The highest BCUT2D eigenvalue weighted by Crippen LogP contribution is 2.14. The molecule has 0 spiro atoms. The first kappa shape index (κ1) is 13.7. The molecule has 0 saturated heterocycles. The van der Waals surface area contributed by atoms with Crippen LogP contribution in [0.4, 0.5) is 5.69 Å². The molecular weight excluding hydrogens is 242 g/mol. The summed E-state index contributed by atoms with van der Waals surface area (Å²) in [6.07, 6.45) is 1.51. The second kappa shape index (κ2) is 6.42. The van der Waals surface area contributed by atoms with E-state index in [0.29, 0.717) is 24.4 Å². The van der Waals surface area contributed by atoms with Crippen LogP contribution in [-0.4, -0.2) is 30.1 Å². The van der Waals surface area contributed by atoms with Crippen LogP contribution in [0.15, 0.2) is 12.3 Å². The highest BCUT2D eigenvalue weighted by molar-refractivity contribution is 6.29. The van der Waals surface area contributed by atoms with Crippen molar-refractivity contribution in [2.45, 2.75) is 20.0 Å². The molecule has 6 heteroatoms. The van der Waals surface area contributed by atoms with Gasteiger partial charge >= 0.3 is 0 Å². The van der Waals surface area contributed by atoms with Crippen molar-refractivity contribution >= 4 is 23.2 Å². The molecule has 0 saturated carbocycles. The number of nitrogens with two attached hydrogens (primary N) is 1. The number of aromatic nitrogens is 1. The average molecular weight is 258 g/mol. The van der Waals surface area contributed by atoms with E-state index in [2.05, 4.69) is 10.3 Å². The lowest BCUT2D eigenvalue weighted by Gasteiger charge is -2.09. The fourth-order valence-electron chi connectivity index (χ4n) is 1.19. The number of carbonyl (C=O) groups excluding carboxylic acids is 1. The number of nitrogens with one attached hydrogen (secondary N) is 1. The van der Waals surface area contributed by atoms with Gasteiger partial charge in [0.1, 0.15) is 5.15 Å². The molecule has 94 valence electrons. The van der Waals surface area contributed by atoms with Crippen molar-refractivity contribution < 1.29 is 9.53 Å². The quantitative estimate of drug-likeness (QED) is 0.619. The van der Waals surface area contributed by atoms with Crippen LogP contribution < -0.4 is 11.1 Å². The molecule has 3 N–H and O–H groups in total. The minimum Gasteiger partial charge on any atom is -0.397 e. The fraction of sp³-hybridized carbons (Fsp3) is 0.455. The van der Waals surface area contributed by atoms with Gasteiger partial charge in [0.15, 0.2) is 0 Å². The summed E-state index contributed by atoms with van der Waals surface area (Å²) < 4.78 is 5.30. The van der Waals surface area contributed by atoms with Crippen LogP contribution in [0.5, 0.6) is 0 Å². The summed E-state index contributed by atoms with van der Waals surface area (Å²) in [5.74, 6) is -0.279. The van der Waals surface area contributed by atoms with Crippen molar-refractivity contribution in [3.05, 3.63) is 23.0 Å². The van der Waals surface area contributed by atoms with E-state index in [4.69, 9.17) is 22.1 Å². The van der Waals surface area contributed by atoms with Gasteiger partial charge in [0, 0.05) is 6.54 Å². The number of halogens is 1. The summed E-state index contributed by atoms with van der Waals surface area (Å²) >= 11 is 5.69. The first-order valence-corrected chi connectivity index (χ1v) is 5.69. The van der Waals surface area contributed by atoms with E-state index in [1.165, 1.54) is 12.3 Å². The van der Waals surface area contributed by atoms with Crippen LogP contribution in [-0.2, 0) is 4.74 Å². The molecule has 0 bridgehead atoms. The van der Waals surface area contributed by atoms with Crippen LogP contribution in [0.1, 0.15) is 24.2 Å². The number of carbonyl (C=O) groups is 1. The predicted molar refractivity (Wildman–Crippen MR) is 67.1 cm³/mol. The largest absolute Gasteiger partial charge is 0.397 e. The van der Waals surface area contributed by atoms with Gasteiger partial charge in [-0.1, -0.05) is 11.6 Å². The van der Waals surface area contributed by atoms with Gasteiger partial charge < -0.3 is 15.8 Å². The zero-order valence-corrected chi connectivity index (χ0v) is 10.6. The summed E-state index contributed by atoms with van der Waals surface area (Å²) in [6.45, 7) is 4.75. The number of hydrogen-bond acceptors (Lipinski definition) is 4. The van der Waals surface area contributed by atoms with Gasteiger partial charge in [-0.25, -0.2) is 4.98 Å². The molecule has 0 aliphatic heterocycles. The Labute approximate surface area is 105 Å². The van der Waals surface area contributed by atoms with E-state index in [1.54, 1.807) is 0 Å². The van der Waals surface area contributed by atoms with E-state index in [1.807, 2.05) is 13.8 Å². The topological polar surface area (TPSA) is 77.2 Å². The lowest BCUT2D eigenvalue weighted by Crippen LogP contribution is -2.28. The molecule has 0 aromatic carbocycles. The Morgan fingerprint density at radius 2 is 2.35 bits per heavy atom. The van der Waals surface area contributed by atoms with Crippen LogP contribution in [0, 0.1) is 0 Å². The van der Waals surface area contributed by atoms with E-state index >= 15 is 0 Å². The van der Waals surface area contributed by atoms with Crippen LogP contribution in [0.2, 0.25) is 5.15 Å². The third-order valence-electron chi connectivity index (χ3n) is 1.98. The number of amides is 1. The van der Waals surface area contributed by atoms with Gasteiger partial charge in [-0.05, 0) is 19.9 Å². The van der Waals surface area contributed by atoms with Crippen molar-refractivity contribution in [1.29, 1.82) is 0 Å². The van der Waals surface area contributed by atoms with Crippen LogP contribution in [0.3, 0.4) is 0 Å². The van der Waals surface area contributed by atoms with Gasteiger partial charge in [-0.2, -0.15) is 0 Å². The minimum atomic E-state index is -0.279. The first-order chi connectivity index (χ1) is 8.00. The molecule has 0 unspecified atom stereocenters. The molecule has 0 atom stereocenters. The Morgan fingerprint density at radius 3 is 3.00 bits per heavy atom.